The number of halogens is 3. The summed E-state index contributed by atoms with van der Waals surface area (Å²) in [6.07, 6.45) is 0. The Balaban J connectivity index is 1.94. The Labute approximate surface area is 141 Å². The van der Waals surface area contributed by atoms with Gasteiger partial charge in [-0.2, -0.15) is 0 Å². The molecule has 0 bridgehead atoms. The van der Waals surface area contributed by atoms with Crippen molar-refractivity contribution in [1.29, 1.82) is 0 Å². The highest BCUT2D eigenvalue weighted by molar-refractivity contribution is 6.48. The quantitative estimate of drug-likeness (QED) is 0.811. The minimum atomic E-state index is 0.114. The lowest BCUT2D eigenvalue weighted by atomic mass is 10.1. The van der Waals surface area contributed by atoms with Crippen molar-refractivity contribution in [3.8, 4) is 0 Å². The van der Waals surface area contributed by atoms with Crippen LogP contribution in [0.1, 0.15) is 25.5 Å². The monoisotopic (exact) mass is 350 g/mol. The van der Waals surface area contributed by atoms with Crippen molar-refractivity contribution in [3.63, 3.8) is 0 Å². The predicted octanol–water partition coefficient (Wildman–Crippen LogP) is 4.02. The molecule has 0 spiro atoms. The lowest BCUT2D eigenvalue weighted by molar-refractivity contribution is 0.0339. The molecule has 2 unspecified atom stereocenters. The molecule has 1 N–H and O–H groups in total. The average Bonchev–Trinajstić information content (AvgIpc) is 2.45. The summed E-state index contributed by atoms with van der Waals surface area (Å²) in [6, 6.07) is 4.18. The fraction of sp³-hybridized carbons (Fsp3) is 0.600. The van der Waals surface area contributed by atoms with Crippen LogP contribution in [0.3, 0.4) is 0 Å². The van der Waals surface area contributed by atoms with E-state index in [1.54, 1.807) is 6.07 Å². The third kappa shape index (κ3) is 4.72. The summed E-state index contributed by atoms with van der Waals surface area (Å²) in [5.74, 6) is 0. The SMILES string of the molecule is CC(CN1CCOCC1)NC(C)c1ccc(Cl)c(Cl)c1Cl. The van der Waals surface area contributed by atoms with E-state index in [0.717, 1.165) is 38.4 Å². The summed E-state index contributed by atoms with van der Waals surface area (Å²) in [4.78, 5) is 2.41. The average molecular weight is 352 g/mol. The van der Waals surface area contributed by atoms with E-state index >= 15 is 0 Å². The zero-order chi connectivity index (χ0) is 15.4. The molecular weight excluding hydrogens is 331 g/mol. The number of hydrogen-bond donors (Lipinski definition) is 1. The summed E-state index contributed by atoms with van der Waals surface area (Å²) in [5, 5.41) is 5.00. The fourth-order valence-corrected chi connectivity index (χ4v) is 3.32. The van der Waals surface area contributed by atoms with Gasteiger partial charge in [0.15, 0.2) is 0 Å². The highest BCUT2D eigenvalue weighted by atomic mass is 35.5. The Hall–Kier alpha value is -0.0300. The van der Waals surface area contributed by atoms with Crippen molar-refractivity contribution in [2.24, 2.45) is 0 Å². The van der Waals surface area contributed by atoms with Gasteiger partial charge in [0.05, 0.1) is 28.3 Å². The summed E-state index contributed by atoms with van der Waals surface area (Å²) < 4.78 is 5.37. The minimum Gasteiger partial charge on any atom is -0.379 e. The summed E-state index contributed by atoms with van der Waals surface area (Å²) in [6.45, 7) is 8.88. The van der Waals surface area contributed by atoms with Crippen molar-refractivity contribution in [2.45, 2.75) is 25.9 Å². The van der Waals surface area contributed by atoms with Gasteiger partial charge >= 0.3 is 0 Å². The van der Waals surface area contributed by atoms with Gasteiger partial charge in [-0.15, -0.1) is 0 Å². The van der Waals surface area contributed by atoms with Gasteiger partial charge in [-0.1, -0.05) is 40.9 Å². The standard InChI is InChI=1S/C15H21Cl3N2O/c1-10(9-20-5-7-21-8-6-20)19-11(2)12-3-4-13(16)15(18)14(12)17/h3-4,10-11,19H,5-9H2,1-2H3. The maximum absolute atomic E-state index is 6.29. The molecule has 6 heteroatoms. The molecule has 21 heavy (non-hydrogen) atoms. The minimum absolute atomic E-state index is 0.114. The molecule has 0 saturated carbocycles. The predicted molar refractivity (Wildman–Crippen MR) is 89.7 cm³/mol. The van der Waals surface area contributed by atoms with Crippen LogP contribution in [0.25, 0.3) is 0 Å². The molecule has 1 aliphatic heterocycles. The number of hydrogen-bond acceptors (Lipinski definition) is 3. The molecule has 0 amide bonds. The Bertz CT molecular complexity index is 478. The van der Waals surface area contributed by atoms with E-state index in [0.29, 0.717) is 21.1 Å². The van der Waals surface area contributed by atoms with Crippen molar-refractivity contribution < 1.29 is 4.74 Å². The van der Waals surface area contributed by atoms with Gasteiger partial charge in [0.25, 0.3) is 0 Å². The largest absolute Gasteiger partial charge is 0.379 e. The Kier molecular flexibility index (Phi) is 6.60. The second-order valence-corrected chi connectivity index (χ2v) is 6.63. The highest BCUT2D eigenvalue weighted by Gasteiger charge is 2.18. The van der Waals surface area contributed by atoms with Crippen molar-refractivity contribution in [3.05, 3.63) is 32.8 Å². The molecule has 2 rings (SSSR count). The molecule has 1 aliphatic rings. The van der Waals surface area contributed by atoms with Gasteiger partial charge in [0, 0.05) is 31.7 Å². The molecule has 1 saturated heterocycles. The molecule has 1 aromatic carbocycles. The van der Waals surface area contributed by atoms with Gasteiger partial charge in [0.2, 0.25) is 0 Å². The van der Waals surface area contributed by atoms with E-state index in [9.17, 15) is 0 Å². The number of rotatable bonds is 5. The van der Waals surface area contributed by atoms with Crippen LogP contribution in [0, 0.1) is 0 Å². The zero-order valence-electron chi connectivity index (χ0n) is 12.3. The molecule has 1 aromatic rings. The maximum atomic E-state index is 6.29. The topological polar surface area (TPSA) is 24.5 Å². The number of nitrogens with zero attached hydrogens (tertiary/aromatic N) is 1. The summed E-state index contributed by atoms with van der Waals surface area (Å²) in [7, 11) is 0. The molecule has 0 aliphatic carbocycles. The second-order valence-electron chi connectivity index (χ2n) is 5.47. The van der Waals surface area contributed by atoms with E-state index in [4.69, 9.17) is 39.5 Å². The normalized spacial score (nSPS) is 19.5. The van der Waals surface area contributed by atoms with Gasteiger partial charge in [-0.25, -0.2) is 0 Å². The number of nitrogens with one attached hydrogen (secondary N) is 1. The number of ether oxygens (including phenoxy) is 1. The van der Waals surface area contributed by atoms with Crippen LogP contribution >= 0.6 is 34.8 Å². The molecule has 3 nitrogen and oxygen atoms in total. The number of benzene rings is 1. The Morgan fingerprint density at radius 3 is 2.48 bits per heavy atom. The molecule has 0 aromatic heterocycles. The van der Waals surface area contributed by atoms with Gasteiger partial charge < -0.3 is 10.1 Å². The number of morpholine rings is 1. The first kappa shape index (κ1) is 17.3. The third-order valence-electron chi connectivity index (χ3n) is 3.70. The lowest BCUT2D eigenvalue weighted by Crippen LogP contribution is -2.45. The zero-order valence-corrected chi connectivity index (χ0v) is 14.6. The Morgan fingerprint density at radius 2 is 1.81 bits per heavy atom. The van der Waals surface area contributed by atoms with E-state index < -0.39 is 0 Å². The Morgan fingerprint density at radius 1 is 1.14 bits per heavy atom. The molecule has 1 fully saturated rings. The second kappa shape index (κ2) is 8.00. The van der Waals surface area contributed by atoms with Gasteiger partial charge in [-0.3, -0.25) is 4.90 Å². The first-order chi connectivity index (χ1) is 9.99. The highest BCUT2D eigenvalue weighted by Crippen LogP contribution is 2.35. The van der Waals surface area contributed by atoms with Gasteiger partial charge in [0.1, 0.15) is 0 Å². The van der Waals surface area contributed by atoms with Crippen molar-refractivity contribution in [1.82, 2.24) is 10.2 Å². The van der Waals surface area contributed by atoms with Crippen LogP contribution < -0.4 is 5.32 Å². The van der Waals surface area contributed by atoms with Crippen LogP contribution in [0.4, 0.5) is 0 Å². The molecule has 2 atom stereocenters. The van der Waals surface area contributed by atoms with Crippen LogP contribution in [-0.2, 0) is 4.74 Å². The van der Waals surface area contributed by atoms with Crippen LogP contribution in [0.2, 0.25) is 15.1 Å². The van der Waals surface area contributed by atoms with E-state index in [1.807, 2.05) is 6.07 Å². The molecule has 118 valence electrons. The van der Waals surface area contributed by atoms with Crippen molar-refractivity contribution >= 4 is 34.8 Å². The molecular formula is C15H21Cl3N2O. The fourth-order valence-electron chi connectivity index (χ4n) is 2.62. The first-order valence-electron chi connectivity index (χ1n) is 7.18. The van der Waals surface area contributed by atoms with Gasteiger partial charge in [-0.05, 0) is 25.5 Å². The lowest BCUT2D eigenvalue weighted by Gasteiger charge is -2.31. The van der Waals surface area contributed by atoms with Crippen LogP contribution in [-0.4, -0.2) is 43.8 Å². The van der Waals surface area contributed by atoms with E-state index in [-0.39, 0.29) is 6.04 Å². The smallest absolute Gasteiger partial charge is 0.0781 e. The van der Waals surface area contributed by atoms with E-state index in [1.165, 1.54) is 0 Å². The summed E-state index contributed by atoms with van der Waals surface area (Å²) in [5.41, 5.74) is 0.972. The summed E-state index contributed by atoms with van der Waals surface area (Å²) >= 11 is 18.4. The van der Waals surface area contributed by atoms with Crippen LogP contribution in [0.5, 0.6) is 0 Å². The molecule has 1 heterocycles. The third-order valence-corrected chi connectivity index (χ3v) is 5.01. The first-order valence-corrected chi connectivity index (χ1v) is 8.32. The molecule has 0 radical (unpaired) electrons. The maximum Gasteiger partial charge on any atom is 0.0781 e. The van der Waals surface area contributed by atoms with Crippen molar-refractivity contribution in [2.75, 3.05) is 32.8 Å². The van der Waals surface area contributed by atoms with E-state index in [2.05, 4.69) is 24.1 Å². The van der Waals surface area contributed by atoms with Crippen LogP contribution in [0.15, 0.2) is 12.1 Å².